The molecule has 1 aromatic heterocycles. The first kappa shape index (κ1) is 12.8. The molecule has 0 radical (unpaired) electrons. The van der Waals surface area contributed by atoms with Gasteiger partial charge in [-0.3, -0.25) is 9.78 Å². The highest BCUT2D eigenvalue weighted by atomic mass is 16.4. The number of carbonyl (C=O) groups is 1. The van der Waals surface area contributed by atoms with E-state index in [4.69, 9.17) is 0 Å². The number of carboxylic acids is 1. The maximum Gasteiger partial charge on any atom is 0.312 e. The van der Waals surface area contributed by atoms with Crippen LogP contribution >= 0.6 is 0 Å². The smallest absolute Gasteiger partial charge is 0.312 e. The molecule has 4 heteroatoms. The predicted octanol–water partition coefficient (Wildman–Crippen LogP) is 1.91. The van der Waals surface area contributed by atoms with Crippen LogP contribution in [-0.2, 0) is 17.6 Å². The number of rotatable bonds is 3. The monoisotopic (exact) mass is 269 g/mol. The van der Waals surface area contributed by atoms with Crippen molar-refractivity contribution in [2.24, 2.45) is 5.41 Å². The Balaban J connectivity index is 1.98. The molecule has 0 amide bonds. The van der Waals surface area contributed by atoms with E-state index in [0.29, 0.717) is 12.8 Å². The molecule has 0 aliphatic heterocycles. The number of benzene rings is 1. The first-order chi connectivity index (χ1) is 9.64. The van der Waals surface area contributed by atoms with Gasteiger partial charge in [-0.25, -0.2) is 0 Å². The number of pyridine rings is 1. The summed E-state index contributed by atoms with van der Waals surface area (Å²) in [5.74, 6) is -0.935. The van der Waals surface area contributed by atoms with Gasteiger partial charge in [0.1, 0.15) is 0 Å². The number of fused-ring (bicyclic) bond motifs is 1. The zero-order valence-electron chi connectivity index (χ0n) is 10.9. The fraction of sp³-hybridized carbons (Fsp3) is 0.250. The Morgan fingerprint density at radius 1 is 1.20 bits per heavy atom. The van der Waals surface area contributed by atoms with Gasteiger partial charge in [0.05, 0.1) is 17.7 Å². The largest absolute Gasteiger partial charge is 0.481 e. The molecule has 1 unspecified atom stereocenters. The molecule has 2 aromatic rings. The fourth-order valence-electron chi connectivity index (χ4n) is 2.78. The van der Waals surface area contributed by atoms with Crippen molar-refractivity contribution in [3.63, 3.8) is 0 Å². The maximum absolute atomic E-state index is 11.4. The molecule has 0 bridgehead atoms. The van der Waals surface area contributed by atoms with E-state index in [-0.39, 0.29) is 6.61 Å². The van der Waals surface area contributed by atoms with E-state index >= 15 is 0 Å². The van der Waals surface area contributed by atoms with Gasteiger partial charge in [-0.1, -0.05) is 18.2 Å². The lowest BCUT2D eigenvalue weighted by Crippen LogP contribution is -2.35. The van der Waals surface area contributed by atoms with E-state index < -0.39 is 11.4 Å². The number of aliphatic carboxylic acids is 1. The van der Waals surface area contributed by atoms with Crippen molar-refractivity contribution in [3.05, 3.63) is 53.7 Å². The number of aliphatic hydroxyl groups excluding tert-OH is 1. The number of hydrogen-bond acceptors (Lipinski definition) is 3. The van der Waals surface area contributed by atoms with Gasteiger partial charge in [0.15, 0.2) is 0 Å². The summed E-state index contributed by atoms with van der Waals surface area (Å²) in [5, 5.41) is 18.8. The molecule has 1 aromatic carbocycles. The Kier molecular flexibility index (Phi) is 3.03. The molecule has 102 valence electrons. The quantitative estimate of drug-likeness (QED) is 0.893. The molecular formula is C16H15NO3. The SMILES string of the molecule is O=C(O)C1(CO)Cc2ccc(-c3ccccn3)cc2C1. The molecule has 0 fully saturated rings. The summed E-state index contributed by atoms with van der Waals surface area (Å²) >= 11 is 0. The minimum Gasteiger partial charge on any atom is -0.481 e. The molecule has 20 heavy (non-hydrogen) atoms. The third kappa shape index (κ3) is 1.98. The first-order valence-corrected chi connectivity index (χ1v) is 6.52. The van der Waals surface area contributed by atoms with Crippen LogP contribution in [0.15, 0.2) is 42.6 Å². The standard InChI is InChI=1S/C16H15NO3/c18-10-16(15(19)20)8-12-5-4-11(7-13(12)9-16)14-3-1-2-6-17-14/h1-7,18H,8-10H2,(H,19,20). The summed E-state index contributed by atoms with van der Waals surface area (Å²) in [7, 11) is 0. The van der Waals surface area contributed by atoms with Crippen molar-refractivity contribution in [1.82, 2.24) is 4.98 Å². The minimum absolute atomic E-state index is 0.337. The average Bonchev–Trinajstić information content (AvgIpc) is 2.87. The number of aromatic nitrogens is 1. The van der Waals surface area contributed by atoms with Crippen molar-refractivity contribution in [3.8, 4) is 11.3 Å². The van der Waals surface area contributed by atoms with E-state index in [2.05, 4.69) is 4.98 Å². The third-order valence-corrected chi connectivity index (χ3v) is 3.98. The maximum atomic E-state index is 11.4. The summed E-state index contributed by atoms with van der Waals surface area (Å²) < 4.78 is 0. The van der Waals surface area contributed by atoms with E-state index in [1.54, 1.807) is 6.20 Å². The molecule has 1 atom stereocenters. The van der Waals surface area contributed by atoms with E-state index in [1.165, 1.54) is 0 Å². The molecular weight excluding hydrogens is 254 g/mol. The molecule has 4 nitrogen and oxygen atoms in total. The summed E-state index contributed by atoms with van der Waals surface area (Å²) in [6.45, 7) is -0.337. The lowest BCUT2D eigenvalue weighted by Gasteiger charge is -2.20. The predicted molar refractivity (Wildman–Crippen MR) is 74.2 cm³/mol. The molecule has 2 N–H and O–H groups in total. The Morgan fingerprint density at radius 3 is 2.65 bits per heavy atom. The third-order valence-electron chi connectivity index (χ3n) is 3.98. The van der Waals surface area contributed by atoms with Crippen molar-refractivity contribution >= 4 is 5.97 Å². The minimum atomic E-state index is -1.06. The van der Waals surface area contributed by atoms with Gasteiger partial charge >= 0.3 is 5.97 Å². The molecule has 1 aliphatic carbocycles. The van der Waals surface area contributed by atoms with Crippen LogP contribution in [0, 0.1) is 5.41 Å². The van der Waals surface area contributed by atoms with E-state index in [1.807, 2.05) is 36.4 Å². The molecule has 1 aliphatic rings. The second-order valence-corrected chi connectivity index (χ2v) is 5.30. The zero-order chi connectivity index (χ0) is 14.2. The number of nitrogens with zero attached hydrogens (tertiary/aromatic N) is 1. The molecule has 1 heterocycles. The highest BCUT2D eigenvalue weighted by Crippen LogP contribution is 2.38. The molecule has 0 saturated carbocycles. The normalized spacial score (nSPS) is 20.6. The second kappa shape index (κ2) is 4.72. The van der Waals surface area contributed by atoms with Gasteiger partial charge in [0, 0.05) is 11.8 Å². The van der Waals surface area contributed by atoms with Crippen LogP contribution in [-0.4, -0.2) is 27.8 Å². The van der Waals surface area contributed by atoms with Crippen LogP contribution < -0.4 is 0 Å². The van der Waals surface area contributed by atoms with Gasteiger partial charge in [-0.05, 0) is 42.2 Å². The molecule has 3 rings (SSSR count). The van der Waals surface area contributed by atoms with Gasteiger partial charge in [-0.15, -0.1) is 0 Å². The number of aliphatic hydroxyl groups is 1. The van der Waals surface area contributed by atoms with Crippen LogP contribution in [0.3, 0.4) is 0 Å². The zero-order valence-corrected chi connectivity index (χ0v) is 10.9. The summed E-state index contributed by atoms with van der Waals surface area (Å²) in [6, 6.07) is 11.6. The first-order valence-electron chi connectivity index (χ1n) is 6.52. The Hall–Kier alpha value is -2.20. The second-order valence-electron chi connectivity index (χ2n) is 5.30. The molecule has 0 saturated heterocycles. The van der Waals surface area contributed by atoms with Crippen LogP contribution in [0.25, 0.3) is 11.3 Å². The Bertz CT molecular complexity index is 654. The Labute approximate surface area is 116 Å². The van der Waals surface area contributed by atoms with Crippen molar-refractivity contribution in [2.45, 2.75) is 12.8 Å². The van der Waals surface area contributed by atoms with Gasteiger partial charge in [0.2, 0.25) is 0 Å². The highest BCUT2D eigenvalue weighted by molar-refractivity contribution is 5.78. The Morgan fingerprint density at radius 2 is 2.00 bits per heavy atom. The van der Waals surface area contributed by atoms with Gasteiger partial charge in [-0.2, -0.15) is 0 Å². The van der Waals surface area contributed by atoms with Crippen molar-refractivity contribution < 1.29 is 15.0 Å². The van der Waals surface area contributed by atoms with Gasteiger partial charge in [0.25, 0.3) is 0 Å². The van der Waals surface area contributed by atoms with E-state index in [0.717, 1.165) is 22.4 Å². The summed E-state index contributed by atoms with van der Waals surface area (Å²) in [5.41, 5.74) is 2.77. The van der Waals surface area contributed by atoms with Crippen molar-refractivity contribution in [2.75, 3.05) is 6.61 Å². The van der Waals surface area contributed by atoms with Crippen LogP contribution in [0.1, 0.15) is 11.1 Å². The summed E-state index contributed by atoms with van der Waals surface area (Å²) in [6.07, 6.45) is 2.49. The van der Waals surface area contributed by atoms with E-state index in [9.17, 15) is 15.0 Å². The highest BCUT2D eigenvalue weighted by Gasteiger charge is 2.43. The topological polar surface area (TPSA) is 70.4 Å². The van der Waals surface area contributed by atoms with Gasteiger partial charge < -0.3 is 10.2 Å². The average molecular weight is 269 g/mol. The number of carboxylic acid groups (broad SMARTS) is 1. The van der Waals surface area contributed by atoms with Crippen LogP contribution in [0.4, 0.5) is 0 Å². The number of hydrogen-bond donors (Lipinski definition) is 2. The lowest BCUT2D eigenvalue weighted by atomic mass is 9.86. The van der Waals surface area contributed by atoms with Crippen molar-refractivity contribution in [1.29, 1.82) is 0 Å². The molecule has 0 spiro atoms. The lowest BCUT2D eigenvalue weighted by molar-refractivity contribution is -0.150. The van der Waals surface area contributed by atoms with Crippen LogP contribution in [0.2, 0.25) is 0 Å². The summed E-state index contributed by atoms with van der Waals surface area (Å²) in [4.78, 5) is 15.7. The van der Waals surface area contributed by atoms with Crippen LogP contribution in [0.5, 0.6) is 0 Å². The fourth-order valence-corrected chi connectivity index (χ4v) is 2.78.